The SMILES string of the molecule is [2H]c1c([2H])c([2H])c2c(-c3ccc4ccccc4c3)c3c([2H])c([2H])c([2H])c([2H])c3c(-c3ccc(-n4c(CC)nc5ccccc54)cc3)c2c1[2H]. The van der Waals surface area contributed by atoms with Gasteiger partial charge >= 0.3 is 0 Å². The highest BCUT2D eigenvalue weighted by molar-refractivity contribution is 6.21. The van der Waals surface area contributed by atoms with Crippen molar-refractivity contribution in [2.24, 2.45) is 0 Å². The molecule has 0 fully saturated rings. The molecule has 2 nitrogen and oxygen atoms in total. The zero-order chi connectivity index (χ0) is 34.3. The van der Waals surface area contributed by atoms with Crippen molar-refractivity contribution in [3.63, 3.8) is 0 Å². The Labute approximate surface area is 250 Å². The van der Waals surface area contributed by atoms with Gasteiger partial charge in [-0.3, -0.25) is 4.57 Å². The fourth-order valence-corrected chi connectivity index (χ4v) is 5.93. The number of benzene rings is 7. The van der Waals surface area contributed by atoms with Crippen LogP contribution in [0.1, 0.15) is 23.7 Å². The number of fused-ring (bicyclic) bond motifs is 4. The number of aromatic nitrogens is 2. The van der Waals surface area contributed by atoms with E-state index in [1.165, 1.54) is 0 Å². The standard InChI is InChI=1S/C39H28N2/c1-2-37-40-35-17-9-10-18-36(35)41(37)30-23-21-27(22-24-30)38-31-13-5-7-15-33(31)39(34-16-8-6-14-32(34)38)29-20-19-26-11-3-4-12-28(26)25-29/h3-25H,2H2,1H3/i5D,6D,7D,8D,13D,14D,15D,16D. The van der Waals surface area contributed by atoms with Crippen molar-refractivity contribution in [2.45, 2.75) is 13.3 Å². The van der Waals surface area contributed by atoms with E-state index in [0.29, 0.717) is 28.7 Å². The Kier molecular flexibility index (Phi) is 3.88. The van der Waals surface area contributed by atoms with Gasteiger partial charge in [-0.1, -0.05) is 116 Å². The summed E-state index contributed by atoms with van der Waals surface area (Å²) in [5.41, 5.74) is 4.48. The fraction of sp³-hybridized carbons (Fsp3) is 0.0513. The van der Waals surface area contributed by atoms with Crippen molar-refractivity contribution in [2.75, 3.05) is 0 Å². The molecule has 41 heavy (non-hydrogen) atoms. The molecule has 194 valence electrons. The highest BCUT2D eigenvalue weighted by atomic mass is 15.1. The molecule has 0 spiro atoms. The monoisotopic (exact) mass is 532 g/mol. The molecular formula is C39H28N2. The Morgan fingerprint density at radius 3 is 1.83 bits per heavy atom. The van der Waals surface area contributed by atoms with Gasteiger partial charge < -0.3 is 0 Å². The van der Waals surface area contributed by atoms with E-state index in [0.717, 1.165) is 33.3 Å². The van der Waals surface area contributed by atoms with Crippen LogP contribution in [0.2, 0.25) is 0 Å². The van der Waals surface area contributed by atoms with E-state index in [1.807, 2.05) is 97.9 Å². The van der Waals surface area contributed by atoms with E-state index in [9.17, 15) is 5.48 Å². The van der Waals surface area contributed by atoms with Crippen LogP contribution in [0.25, 0.3) is 71.3 Å². The third kappa shape index (κ3) is 3.76. The average molecular weight is 533 g/mol. The van der Waals surface area contributed by atoms with Crippen LogP contribution in [-0.4, -0.2) is 9.55 Å². The van der Waals surface area contributed by atoms with Gasteiger partial charge in [0, 0.05) is 12.1 Å². The molecule has 2 heteroatoms. The predicted octanol–water partition coefficient (Wildman–Crippen LogP) is 10.4. The summed E-state index contributed by atoms with van der Waals surface area (Å²) >= 11 is 0. The molecule has 0 saturated heterocycles. The van der Waals surface area contributed by atoms with Crippen LogP contribution >= 0.6 is 0 Å². The smallest absolute Gasteiger partial charge is 0.114 e. The molecule has 0 unspecified atom stereocenters. The third-order valence-corrected chi connectivity index (χ3v) is 7.77. The second-order valence-corrected chi connectivity index (χ2v) is 10.1. The van der Waals surface area contributed by atoms with Crippen molar-refractivity contribution in [3.8, 4) is 27.9 Å². The van der Waals surface area contributed by atoms with Crippen LogP contribution in [0.4, 0.5) is 0 Å². The lowest BCUT2D eigenvalue weighted by Gasteiger charge is -2.18. The van der Waals surface area contributed by atoms with Gasteiger partial charge in [0.05, 0.1) is 22.0 Å². The molecule has 0 N–H and O–H groups in total. The van der Waals surface area contributed by atoms with E-state index in [-0.39, 0.29) is 45.7 Å². The first-order valence-corrected chi connectivity index (χ1v) is 13.6. The van der Waals surface area contributed by atoms with Gasteiger partial charge in [0.2, 0.25) is 0 Å². The van der Waals surface area contributed by atoms with Crippen LogP contribution in [0, 0.1) is 0 Å². The Balaban J connectivity index is 1.53. The summed E-state index contributed by atoms with van der Waals surface area (Å²) in [6.45, 7) is 2.04. The lowest BCUT2D eigenvalue weighted by molar-refractivity contribution is 0.908. The molecule has 1 heterocycles. The quantitative estimate of drug-likeness (QED) is 0.206. The van der Waals surface area contributed by atoms with Crippen molar-refractivity contribution in [1.82, 2.24) is 9.55 Å². The van der Waals surface area contributed by atoms with Gasteiger partial charge in [-0.2, -0.15) is 0 Å². The summed E-state index contributed by atoms with van der Waals surface area (Å²) in [5.74, 6) is 0.882. The number of imidazole rings is 1. The maximum absolute atomic E-state index is 9.21. The molecule has 0 radical (unpaired) electrons. The first-order valence-electron chi connectivity index (χ1n) is 17.6. The average Bonchev–Trinajstić information content (AvgIpc) is 3.52. The molecule has 0 amide bonds. The first-order chi connectivity index (χ1) is 23.6. The van der Waals surface area contributed by atoms with Gasteiger partial charge in [0.15, 0.2) is 0 Å². The molecule has 0 saturated carbocycles. The second kappa shape index (κ2) is 9.46. The summed E-state index contributed by atoms with van der Waals surface area (Å²) < 4.78 is 73.6. The molecular weight excluding hydrogens is 496 g/mol. The van der Waals surface area contributed by atoms with E-state index in [1.54, 1.807) is 0 Å². The lowest BCUT2D eigenvalue weighted by Crippen LogP contribution is -2.00. The van der Waals surface area contributed by atoms with Crippen LogP contribution < -0.4 is 0 Å². The van der Waals surface area contributed by atoms with Gasteiger partial charge in [-0.15, -0.1) is 0 Å². The Morgan fingerprint density at radius 2 is 1.17 bits per heavy atom. The van der Waals surface area contributed by atoms with Crippen LogP contribution in [0.5, 0.6) is 0 Å². The maximum Gasteiger partial charge on any atom is 0.114 e. The van der Waals surface area contributed by atoms with Gasteiger partial charge in [0.25, 0.3) is 0 Å². The van der Waals surface area contributed by atoms with E-state index >= 15 is 0 Å². The number of aryl methyl sites for hydroxylation is 1. The summed E-state index contributed by atoms with van der Waals surface area (Å²) in [6.07, 6.45) is 0.703. The highest BCUT2D eigenvalue weighted by Gasteiger charge is 2.17. The third-order valence-electron chi connectivity index (χ3n) is 7.77. The van der Waals surface area contributed by atoms with Crippen molar-refractivity contribution in [1.29, 1.82) is 0 Å². The first kappa shape index (κ1) is 16.8. The minimum atomic E-state index is -0.419. The molecule has 8 rings (SSSR count). The molecule has 8 aromatic rings. The van der Waals surface area contributed by atoms with Crippen LogP contribution in [-0.2, 0) is 6.42 Å². The summed E-state index contributed by atoms with van der Waals surface area (Å²) in [7, 11) is 0. The highest BCUT2D eigenvalue weighted by Crippen LogP contribution is 2.44. The molecule has 0 aliphatic rings. The summed E-state index contributed by atoms with van der Waals surface area (Å²) in [5, 5.41) is 2.65. The van der Waals surface area contributed by atoms with E-state index in [4.69, 9.17) is 10.5 Å². The Hall–Kier alpha value is -5.21. The number of rotatable bonds is 4. The fourth-order valence-electron chi connectivity index (χ4n) is 5.93. The zero-order valence-electron chi connectivity index (χ0n) is 30.3. The zero-order valence-corrected chi connectivity index (χ0v) is 22.3. The number of nitrogens with zero attached hydrogens (tertiary/aromatic N) is 2. The van der Waals surface area contributed by atoms with Crippen LogP contribution in [0.15, 0.2) is 139 Å². The second-order valence-electron chi connectivity index (χ2n) is 10.1. The molecule has 0 aliphatic carbocycles. The lowest BCUT2D eigenvalue weighted by atomic mass is 9.85. The molecule has 1 aromatic heterocycles. The maximum atomic E-state index is 9.21. The number of para-hydroxylation sites is 2. The van der Waals surface area contributed by atoms with E-state index < -0.39 is 24.2 Å². The minimum Gasteiger partial charge on any atom is -0.296 e. The largest absolute Gasteiger partial charge is 0.296 e. The Bertz CT molecular complexity index is 2600. The minimum absolute atomic E-state index is 0.196. The molecule has 0 bridgehead atoms. The topological polar surface area (TPSA) is 17.8 Å². The van der Waals surface area contributed by atoms with Crippen molar-refractivity contribution in [3.05, 3.63) is 145 Å². The van der Waals surface area contributed by atoms with Crippen LogP contribution in [0.3, 0.4) is 0 Å². The predicted molar refractivity (Wildman–Crippen MR) is 174 cm³/mol. The summed E-state index contributed by atoms with van der Waals surface area (Å²) in [6, 6.07) is 26.0. The van der Waals surface area contributed by atoms with Crippen molar-refractivity contribution >= 4 is 43.4 Å². The molecule has 0 aliphatic heterocycles. The Morgan fingerprint density at radius 1 is 0.610 bits per heavy atom. The molecule has 0 atom stereocenters. The van der Waals surface area contributed by atoms with Crippen molar-refractivity contribution < 1.29 is 11.0 Å². The normalized spacial score (nSPS) is 14.4. The molecule has 7 aromatic carbocycles. The van der Waals surface area contributed by atoms with Gasteiger partial charge in [-0.25, -0.2) is 4.98 Å². The van der Waals surface area contributed by atoms with E-state index in [2.05, 4.69) is 4.57 Å². The van der Waals surface area contributed by atoms with Gasteiger partial charge in [-0.05, 0) is 84.9 Å². The number of hydrogen-bond acceptors (Lipinski definition) is 1. The summed E-state index contributed by atoms with van der Waals surface area (Å²) in [4.78, 5) is 4.80. The van der Waals surface area contributed by atoms with Gasteiger partial charge in [0.1, 0.15) is 5.82 Å². The number of hydrogen-bond donors (Lipinski definition) is 0.